The molecule has 7 heteroatoms. The molecule has 7 nitrogen and oxygen atoms in total. The minimum atomic E-state index is -0.124. The maximum absolute atomic E-state index is 13.0. The van der Waals surface area contributed by atoms with Crippen molar-refractivity contribution in [1.82, 2.24) is 19.8 Å². The van der Waals surface area contributed by atoms with Gasteiger partial charge in [0.15, 0.2) is 0 Å². The van der Waals surface area contributed by atoms with Crippen molar-refractivity contribution >= 4 is 23.5 Å². The van der Waals surface area contributed by atoms with Gasteiger partial charge >= 0.3 is 0 Å². The third kappa shape index (κ3) is 4.72. The molecule has 0 unspecified atom stereocenters. The molecule has 0 spiro atoms. The van der Waals surface area contributed by atoms with Gasteiger partial charge in [-0.2, -0.15) is 0 Å². The zero-order chi connectivity index (χ0) is 21.0. The highest BCUT2D eigenvalue weighted by Gasteiger charge is 2.24. The lowest BCUT2D eigenvalue weighted by molar-refractivity contribution is -0.130. The minimum Gasteiger partial charge on any atom is -0.339 e. The average Bonchev–Trinajstić information content (AvgIpc) is 2.73. The second-order valence-electron chi connectivity index (χ2n) is 7.30. The molecule has 1 aliphatic rings. The second-order valence-corrected chi connectivity index (χ2v) is 7.30. The summed E-state index contributed by atoms with van der Waals surface area (Å²) in [4.78, 5) is 37.0. The molecular weight excluding hydrogens is 366 g/mol. The molecule has 0 aliphatic carbocycles. The van der Waals surface area contributed by atoms with E-state index in [9.17, 15) is 9.59 Å². The Morgan fingerprint density at radius 1 is 1.00 bits per heavy atom. The Morgan fingerprint density at radius 2 is 1.59 bits per heavy atom. The molecule has 2 aromatic rings. The van der Waals surface area contributed by atoms with Crippen molar-refractivity contribution in [2.75, 3.05) is 31.5 Å². The van der Waals surface area contributed by atoms with E-state index in [0.29, 0.717) is 37.8 Å². The Kier molecular flexibility index (Phi) is 6.46. The summed E-state index contributed by atoms with van der Waals surface area (Å²) in [6, 6.07) is 7.97. The third-order valence-corrected chi connectivity index (χ3v) is 5.32. The Morgan fingerprint density at radius 3 is 2.14 bits per heavy atom. The number of benzene rings is 1. The molecule has 29 heavy (non-hydrogen) atoms. The first-order valence-corrected chi connectivity index (χ1v) is 10.2. The number of hydrogen-bond donors (Lipinski definition) is 1. The molecule has 1 aromatic carbocycles. The highest BCUT2D eigenvalue weighted by Crippen LogP contribution is 2.25. The molecule has 0 atom stereocenters. The molecule has 1 fully saturated rings. The molecular formula is C22H29N5O2. The number of anilines is 2. The zero-order valence-electron chi connectivity index (χ0n) is 17.7. The van der Waals surface area contributed by atoms with E-state index in [1.165, 1.54) is 11.1 Å². The Bertz CT molecular complexity index is 882. The fourth-order valence-electron chi connectivity index (χ4n) is 3.64. The predicted molar refractivity (Wildman–Crippen MR) is 113 cm³/mol. The van der Waals surface area contributed by atoms with E-state index in [0.717, 1.165) is 24.2 Å². The standard InChI is InChI=1S/C22H29N5O2/c1-5-17-8-7-9-18(6-2)20(17)25-22-23-15(3)14-19(24-22)21(29)27-12-10-26(11-13-27)16(4)28/h7-9,14H,5-6,10-13H2,1-4H3,(H,23,24,25). The zero-order valence-corrected chi connectivity index (χ0v) is 17.7. The Hall–Kier alpha value is -2.96. The van der Waals surface area contributed by atoms with Crippen LogP contribution >= 0.6 is 0 Å². The van der Waals surface area contributed by atoms with Crippen molar-refractivity contribution in [2.45, 2.75) is 40.5 Å². The smallest absolute Gasteiger partial charge is 0.272 e. The van der Waals surface area contributed by atoms with Gasteiger partial charge in [0.1, 0.15) is 5.69 Å². The fraction of sp³-hybridized carbons (Fsp3) is 0.455. The van der Waals surface area contributed by atoms with Gasteiger partial charge in [0.05, 0.1) is 0 Å². The van der Waals surface area contributed by atoms with Gasteiger partial charge in [-0.1, -0.05) is 32.0 Å². The number of nitrogens with zero attached hydrogens (tertiary/aromatic N) is 4. The molecule has 2 amide bonds. The first kappa shape index (κ1) is 20.8. The highest BCUT2D eigenvalue weighted by atomic mass is 16.2. The van der Waals surface area contributed by atoms with Gasteiger partial charge in [0.2, 0.25) is 11.9 Å². The van der Waals surface area contributed by atoms with Crippen LogP contribution in [0.1, 0.15) is 48.1 Å². The maximum atomic E-state index is 13.0. The summed E-state index contributed by atoms with van der Waals surface area (Å²) >= 11 is 0. The van der Waals surface area contributed by atoms with E-state index >= 15 is 0 Å². The van der Waals surface area contributed by atoms with E-state index in [1.807, 2.05) is 6.92 Å². The quantitative estimate of drug-likeness (QED) is 0.842. The van der Waals surface area contributed by atoms with E-state index in [-0.39, 0.29) is 11.8 Å². The van der Waals surface area contributed by atoms with Crippen LogP contribution in [-0.4, -0.2) is 57.8 Å². The van der Waals surface area contributed by atoms with Gasteiger partial charge < -0.3 is 15.1 Å². The molecule has 154 valence electrons. The van der Waals surface area contributed by atoms with Crippen molar-refractivity contribution in [3.05, 3.63) is 46.8 Å². The molecule has 3 rings (SSSR count). The largest absolute Gasteiger partial charge is 0.339 e. The van der Waals surface area contributed by atoms with Crippen LogP contribution in [0.15, 0.2) is 24.3 Å². The first-order valence-electron chi connectivity index (χ1n) is 10.2. The minimum absolute atomic E-state index is 0.0442. The van der Waals surface area contributed by atoms with Crippen LogP contribution in [0.25, 0.3) is 0 Å². The number of carbonyl (C=O) groups excluding carboxylic acids is 2. The van der Waals surface area contributed by atoms with Gasteiger partial charge in [-0.15, -0.1) is 0 Å². The SMILES string of the molecule is CCc1cccc(CC)c1Nc1nc(C)cc(C(=O)N2CCN(C(C)=O)CC2)n1. The lowest BCUT2D eigenvalue weighted by Gasteiger charge is -2.34. The Labute approximate surface area is 172 Å². The summed E-state index contributed by atoms with van der Waals surface area (Å²) in [5.74, 6) is 0.357. The van der Waals surface area contributed by atoms with Crippen LogP contribution in [0.3, 0.4) is 0 Å². The van der Waals surface area contributed by atoms with Crippen LogP contribution in [0.5, 0.6) is 0 Å². The average molecular weight is 396 g/mol. The van der Waals surface area contributed by atoms with E-state index < -0.39 is 0 Å². The van der Waals surface area contributed by atoms with E-state index in [2.05, 4.69) is 47.3 Å². The topological polar surface area (TPSA) is 78.4 Å². The first-order chi connectivity index (χ1) is 13.9. The fourth-order valence-corrected chi connectivity index (χ4v) is 3.64. The van der Waals surface area contributed by atoms with Crippen LogP contribution in [0.2, 0.25) is 0 Å². The van der Waals surface area contributed by atoms with Crippen LogP contribution in [0.4, 0.5) is 11.6 Å². The summed E-state index contributed by atoms with van der Waals surface area (Å²) < 4.78 is 0. The second kappa shape index (κ2) is 9.03. The number of piperazine rings is 1. The normalized spacial score (nSPS) is 14.1. The molecule has 0 bridgehead atoms. The molecule has 1 N–H and O–H groups in total. The summed E-state index contributed by atoms with van der Waals surface area (Å²) in [5.41, 5.74) is 4.53. The molecule has 1 aromatic heterocycles. The van der Waals surface area contributed by atoms with Crippen molar-refractivity contribution in [3.63, 3.8) is 0 Å². The number of para-hydroxylation sites is 1. The maximum Gasteiger partial charge on any atom is 0.272 e. The molecule has 1 saturated heterocycles. The molecule has 0 radical (unpaired) electrons. The lowest BCUT2D eigenvalue weighted by Crippen LogP contribution is -2.50. The van der Waals surface area contributed by atoms with Gasteiger partial charge in [0.25, 0.3) is 5.91 Å². The van der Waals surface area contributed by atoms with Crippen molar-refractivity contribution < 1.29 is 9.59 Å². The predicted octanol–water partition coefficient (Wildman–Crippen LogP) is 2.96. The number of aromatic nitrogens is 2. The van der Waals surface area contributed by atoms with Gasteiger partial charge in [-0.05, 0) is 37.0 Å². The van der Waals surface area contributed by atoms with Crippen LogP contribution < -0.4 is 5.32 Å². The summed E-state index contributed by atoms with van der Waals surface area (Å²) in [6.07, 6.45) is 1.79. The number of nitrogens with one attached hydrogen (secondary N) is 1. The van der Waals surface area contributed by atoms with E-state index in [4.69, 9.17) is 0 Å². The molecule has 2 heterocycles. The van der Waals surface area contributed by atoms with Gasteiger partial charge in [-0.3, -0.25) is 9.59 Å². The summed E-state index contributed by atoms with van der Waals surface area (Å²) in [6.45, 7) is 9.80. The number of aryl methyl sites for hydroxylation is 3. The summed E-state index contributed by atoms with van der Waals surface area (Å²) in [5, 5.41) is 3.36. The Balaban J connectivity index is 1.82. The van der Waals surface area contributed by atoms with Crippen molar-refractivity contribution in [2.24, 2.45) is 0 Å². The number of amides is 2. The number of rotatable bonds is 5. The number of carbonyl (C=O) groups is 2. The highest BCUT2D eigenvalue weighted by molar-refractivity contribution is 5.93. The lowest BCUT2D eigenvalue weighted by atomic mass is 10.0. The third-order valence-electron chi connectivity index (χ3n) is 5.32. The van der Waals surface area contributed by atoms with Crippen molar-refractivity contribution in [1.29, 1.82) is 0 Å². The van der Waals surface area contributed by atoms with Gasteiger partial charge in [-0.25, -0.2) is 9.97 Å². The van der Waals surface area contributed by atoms with Crippen LogP contribution in [-0.2, 0) is 17.6 Å². The molecule has 0 saturated carbocycles. The summed E-state index contributed by atoms with van der Waals surface area (Å²) in [7, 11) is 0. The van der Waals surface area contributed by atoms with Crippen LogP contribution in [0, 0.1) is 6.92 Å². The number of hydrogen-bond acceptors (Lipinski definition) is 5. The van der Waals surface area contributed by atoms with Crippen molar-refractivity contribution in [3.8, 4) is 0 Å². The molecule has 1 aliphatic heterocycles. The van der Waals surface area contributed by atoms with E-state index in [1.54, 1.807) is 22.8 Å². The van der Waals surface area contributed by atoms with Gasteiger partial charge in [0, 0.05) is 44.5 Å². The monoisotopic (exact) mass is 395 g/mol.